The number of nitrogens with zero attached hydrogens (tertiary/aromatic N) is 1. The summed E-state index contributed by atoms with van der Waals surface area (Å²) >= 11 is 1.38. The molecule has 7 heteroatoms. The Hall–Kier alpha value is -3.19. The SMILES string of the molecule is CCOC(=O)CC(NC(=O)c1csc(-c2ccc(OC)cc2)n1)c1ccccc1. The molecule has 1 heterocycles. The maximum Gasteiger partial charge on any atom is 0.308 e. The summed E-state index contributed by atoms with van der Waals surface area (Å²) in [6.07, 6.45) is 0.0546. The van der Waals surface area contributed by atoms with Gasteiger partial charge in [0, 0.05) is 10.9 Å². The van der Waals surface area contributed by atoms with E-state index in [2.05, 4.69) is 10.3 Å². The van der Waals surface area contributed by atoms with E-state index in [1.165, 1.54) is 11.3 Å². The quantitative estimate of drug-likeness (QED) is 0.562. The van der Waals surface area contributed by atoms with Gasteiger partial charge in [-0.3, -0.25) is 9.59 Å². The van der Waals surface area contributed by atoms with E-state index in [0.29, 0.717) is 12.3 Å². The van der Waals surface area contributed by atoms with Crippen LogP contribution in [-0.2, 0) is 9.53 Å². The van der Waals surface area contributed by atoms with Crippen molar-refractivity contribution in [3.63, 3.8) is 0 Å². The van der Waals surface area contributed by atoms with Crippen LogP contribution in [0, 0.1) is 0 Å². The molecule has 0 aliphatic carbocycles. The van der Waals surface area contributed by atoms with E-state index in [0.717, 1.165) is 21.9 Å². The maximum atomic E-state index is 12.8. The molecule has 0 bridgehead atoms. The first kappa shape index (κ1) is 20.5. The third-order valence-electron chi connectivity index (χ3n) is 4.26. The van der Waals surface area contributed by atoms with Gasteiger partial charge in [0.1, 0.15) is 16.5 Å². The molecule has 1 atom stereocenters. The Morgan fingerprint density at radius 2 is 1.83 bits per heavy atom. The van der Waals surface area contributed by atoms with Crippen LogP contribution in [0.4, 0.5) is 0 Å². The fourth-order valence-electron chi connectivity index (χ4n) is 2.80. The van der Waals surface area contributed by atoms with E-state index in [1.54, 1.807) is 19.4 Å². The number of benzene rings is 2. The predicted octanol–water partition coefficient (Wildman–Crippen LogP) is 4.24. The lowest BCUT2D eigenvalue weighted by molar-refractivity contribution is -0.143. The second-order valence-corrected chi connectivity index (χ2v) is 7.07. The molecule has 0 saturated carbocycles. The number of carbonyl (C=O) groups is 2. The summed E-state index contributed by atoms with van der Waals surface area (Å²) in [5.41, 5.74) is 2.05. The lowest BCUT2D eigenvalue weighted by Crippen LogP contribution is -2.30. The number of nitrogens with one attached hydrogen (secondary N) is 1. The third-order valence-corrected chi connectivity index (χ3v) is 5.15. The number of carbonyl (C=O) groups excluding carboxylic acids is 2. The van der Waals surface area contributed by atoms with Crippen LogP contribution >= 0.6 is 11.3 Å². The van der Waals surface area contributed by atoms with Crippen LogP contribution in [-0.4, -0.2) is 30.6 Å². The summed E-state index contributed by atoms with van der Waals surface area (Å²) in [6, 6.07) is 16.3. The third kappa shape index (κ3) is 5.42. The van der Waals surface area contributed by atoms with E-state index in [4.69, 9.17) is 9.47 Å². The van der Waals surface area contributed by atoms with Crippen LogP contribution in [0.15, 0.2) is 60.0 Å². The average molecular weight is 410 g/mol. The highest BCUT2D eigenvalue weighted by molar-refractivity contribution is 7.13. The number of esters is 1. The Balaban J connectivity index is 1.75. The number of ether oxygens (including phenoxy) is 2. The van der Waals surface area contributed by atoms with E-state index in [9.17, 15) is 9.59 Å². The second kappa shape index (κ2) is 9.84. The van der Waals surface area contributed by atoms with Gasteiger partial charge in [-0.2, -0.15) is 0 Å². The Morgan fingerprint density at radius 3 is 2.48 bits per heavy atom. The van der Waals surface area contributed by atoms with Crippen molar-refractivity contribution in [2.24, 2.45) is 0 Å². The van der Waals surface area contributed by atoms with Crippen LogP contribution in [0.1, 0.15) is 35.4 Å². The molecule has 0 aliphatic heterocycles. The second-order valence-electron chi connectivity index (χ2n) is 6.21. The number of aromatic nitrogens is 1. The number of rotatable bonds is 8. The summed E-state index contributed by atoms with van der Waals surface area (Å²) < 4.78 is 10.2. The van der Waals surface area contributed by atoms with Gasteiger partial charge in [-0.1, -0.05) is 30.3 Å². The normalized spacial score (nSPS) is 11.5. The first-order valence-electron chi connectivity index (χ1n) is 9.22. The van der Waals surface area contributed by atoms with Gasteiger partial charge in [-0.15, -0.1) is 11.3 Å². The molecule has 0 fully saturated rings. The summed E-state index contributed by atoms with van der Waals surface area (Å²) in [4.78, 5) is 29.2. The van der Waals surface area contributed by atoms with Gasteiger partial charge in [-0.25, -0.2) is 4.98 Å². The van der Waals surface area contributed by atoms with Crippen molar-refractivity contribution in [3.05, 3.63) is 71.2 Å². The van der Waals surface area contributed by atoms with E-state index in [1.807, 2.05) is 54.6 Å². The summed E-state index contributed by atoms with van der Waals surface area (Å²) in [5.74, 6) is 0.0611. The molecular formula is C22H22N2O4S. The molecule has 6 nitrogen and oxygen atoms in total. The predicted molar refractivity (Wildman–Crippen MR) is 112 cm³/mol. The Morgan fingerprint density at radius 1 is 1.10 bits per heavy atom. The van der Waals surface area contributed by atoms with Gasteiger partial charge in [-0.05, 0) is 36.8 Å². The van der Waals surface area contributed by atoms with Crippen LogP contribution in [0.2, 0.25) is 0 Å². The van der Waals surface area contributed by atoms with E-state index in [-0.39, 0.29) is 18.3 Å². The van der Waals surface area contributed by atoms with E-state index < -0.39 is 6.04 Å². The Bertz CT molecular complexity index is 954. The zero-order valence-corrected chi connectivity index (χ0v) is 17.1. The van der Waals surface area contributed by atoms with E-state index >= 15 is 0 Å². The maximum absolute atomic E-state index is 12.8. The smallest absolute Gasteiger partial charge is 0.308 e. The van der Waals surface area contributed by atoms with Crippen molar-refractivity contribution in [3.8, 4) is 16.3 Å². The molecule has 0 saturated heterocycles. The van der Waals surface area contributed by atoms with Crippen molar-refractivity contribution >= 4 is 23.2 Å². The number of thiazole rings is 1. The molecule has 1 amide bonds. The molecular weight excluding hydrogens is 388 g/mol. The molecule has 0 radical (unpaired) electrons. The summed E-state index contributed by atoms with van der Waals surface area (Å²) in [5, 5.41) is 5.35. The Labute approximate surface area is 173 Å². The molecule has 3 aromatic rings. The Kier molecular flexibility index (Phi) is 6.97. The van der Waals surface area contributed by atoms with Gasteiger partial charge in [0.05, 0.1) is 26.2 Å². The average Bonchev–Trinajstić information content (AvgIpc) is 3.24. The minimum atomic E-state index is -0.492. The molecule has 1 aromatic heterocycles. The topological polar surface area (TPSA) is 77.5 Å². The summed E-state index contributed by atoms with van der Waals surface area (Å²) in [7, 11) is 1.61. The molecule has 0 aliphatic rings. The first-order valence-corrected chi connectivity index (χ1v) is 10.1. The number of methoxy groups -OCH3 is 1. The van der Waals surface area contributed by atoms with Crippen molar-refractivity contribution in [1.82, 2.24) is 10.3 Å². The summed E-state index contributed by atoms with van der Waals surface area (Å²) in [6.45, 7) is 2.05. The van der Waals surface area contributed by atoms with Gasteiger partial charge < -0.3 is 14.8 Å². The standard InChI is InChI=1S/C22H22N2O4S/c1-3-28-20(25)13-18(15-7-5-4-6-8-15)23-21(26)19-14-29-22(24-19)16-9-11-17(27-2)12-10-16/h4-12,14,18H,3,13H2,1-2H3,(H,23,26). The van der Waals surface area contributed by atoms with Crippen LogP contribution in [0.3, 0.4) is 0 Å². The monoisotopic (exact) mass is 410 g/mol. The van der Waals surface area contributed by atoms with Crippen molar-refractivity contribution < 1.29 is 19.1 Å². The number of hydrogen-bond donors (Lipinski definition) is 1. The minimum Gasteiger partial charge on any atom is -0.497 e. The van der Waals surface area contributed by atoms with Gasteiger partial charge >= 0.3 is 5.97 Å². The van der Waals surface area contributed by atoms with Crippen molar-refractivity contribution in [2.75, 3.05) is 13.7 Å². The van der Waals surface area contributed by atoms with Crippen LogP contribution in [0.5, 0.6) is 5.75 Å². The van der Waals surface area contributed by atoms with Crippen LogP contribution in [0.25, 0.3) is 10.6 Å². The molecule has 2 aromatic carbocycles. The zero-order valence-electron chi connectivity index (χ0n) is 16.3. The highest BCUT2D eigenvalue weighted by atomic mass is 32.1. The fourth-order valence-corrected chi connectivity index (χ4v) is 3.61. The number of hydrogen-bond acceptors (Lipinski definition) is 6. The largest absolute Gasteiger partial charge is 0.497 e. The fraction of sp³-hybridized carbons (Fsp3) is 0.227. The highest BCUT2D eigenvalue weighted by Crippen LogP contribution is 2.26. The minimum absolute atomic E-state index is 0.0546. The van der Waals surface area contributed by atoms with Crippen LogP contribution < -0.4 is 10.1 Å². The van der Waals surface area contributed by atoms with Gasteiger partial charge in [0.25, 0.3) is 5.91 Å². The van der Waals surface area contributed by atoms with Gasteiger partial charge in [0.15, 0.2) is 0 Å². The molecule has 1 N–H and O–H groups in total. The molecule has 150 valence electrons. The lowest BCUT2D eigenvalue weighted by atomic mass is 10.0. The highest BCUT2D eigenvalue weighted by Gasteiger charge is 2.21. The van der Waals surface area contributed by atoms with Crippen molar-refractivity contribution in [1.29, 1.82) is 0 Å². The molecule has 0 spiro atoms. The molecule has 1 unspecified atom stereocenters. The van der Waals surface area contributed by atoms with Crippen molar-refractivity contribution in [2.45, 2.75) is 19.4 Å². The van der Waals surface area contributed by atoms with Gasteiger partial charge in [0.2, 0.25) is 0 Å². The number of amides is 1. The molecule has 29 heavy (non-hydrogen) atoms. The zero-order chi connectivity index (χ0) is 20.6. The lowest BCUT2D eigenvalue weighted by Gasteiger charge is -2.18. The first-order chi connectivity index (χ1) is 14.1. The molecule has 3 rings (SSSR count).